The van der Waals surface area contributed by atoms with E-state index in [1.165, 1.54) is 51.6 Å². The van der Waals surface area contributed by atoms with Crippen LogP contribution in [0.1, 0.15) is 71.6 Å². The van der Waals surface area contributed by atoms with Crippen molar-refractivity contribution in [3.05, 3.63) is 24.3 Å². The fraction of sp³-hybridized carbons (Fsp3) is 0.731. The summed E-state index contributed by atoms with van der Waals surface area (Å²) in [6, 6.07) is 9.71. The molecule has 0 radical (unpaired) electrons. The lowest BCUT2D eigenvalue weighted by molar-refractivity contribution is -0.117. The Bertz CT molecular complexity index is 691. The lowest BCUT2D eigenvalue weighted by Gasteiger charge is -2.41. The highest BCUT2D eigenvalue weighted by molar-refractivity contribution is 5.96. The Kier molecular flexibility index (Phi) is 7.89. The third kappa shape index (κ3) is 5.81. The Balaban J connectivity index is 1.29. The number of carbonyl (C=O) groups is 1. The van der Waals surface area contributed by atoms with Gasteiger partial charge in [-0.2, -0.15) is 0 Å². The number of benzene rings is 1. The van der Waals surface area contributed by atoms with Crippen LogP contribution in [0, 0.1) is 0 Å². The third-order valence-corrected chi connectivity index (χ3v) is 7.57. The minimum atomic E-state index is 0.262. The number of carbonyl (C=O) groups excluding carboxylic acids is 1. The van der Waals surface area contributed by atoms with Crippen LogP contribution in [0.2, 0.25) is 0 Å². The molecule has 0 N–H and O–H groups in total. The standard InChI is InChI=1S/C26H41N3O2/c1-21-8-6-9-22(2)28(21)20-24-12-15-26(30)29(24)23-10-13-25(14-11-23)31-19-7-18-27-16-4-3-5-17-27/h10-11,13-14,21-22,24H,3-9,12,15-20H2,1-2H3/t21?,22?,24-/m0/s1. The van der Waals surface area contributed by atoms with Gasteiger partial charge in [0.15, 0.2) is 0 Å². The third-order valence-electron chi connectivity index (χ3n) is 7.57. The first-order valence-electron chi connectivity index (χ1n) is 12.6. The molecule has 1 amide bonds. The highest BCUT2D eigenvalue weighted by atomic mass is 16.5. The van der Waals surface area contributed by atoms with E-state index in [2.05, 4.69) is 35.8 Å². The summed E-state index contributed by atoms with van der Waals surface area (Å²) in [4.78, 5) is 19.9. The van der Waals surface area contributed by atoms with Gasteiger partial charge in [-0.3, -0.25) is 9.69 Å². The second kappa shape index (κ2) is 10.8. The molecule has 3 aliphatic heterocycles. The Morgan fingerprint density at radius 2 is 1.65 bits per heavy atom. The fourth-order valence-corrected chi connectivity index (χ4v) is 5.71. The number of amides is 1. The summed E-state index contributed by atoms with van der Waals surface area (Å²) in [6.45, 7) is 10.1. The van der Waals surface area contributed by atoms with Crippen LogP contribution in [0.4, 0.5) is 5.69 Å². The molecule has 0 bridgehead atoms. The average Bonchev–Trinajstić information content (AvgIpc) is 3.15. The maximum Gasteiger partial charge on any atom is 0.227 e. The van der Waals surface area contributed by atoms with E-state index in [9.17, 15) is 4.79 Å². The minimum absolute atomic E-state index is 0.262. The first-order valence-corrected chi connectivity index (χ1v) is 12.6. The first-order chi connectivity index (χ1) is 15.1. The van der Waals surface area contributed by atoms with Gasteiger partial charge in [-0.25, -0.2) is 0 Å². The summed E-state index contributed by atoms with van der Waals surface area (Å²) < 4.78 is 5.98. The Morgan fingerprint density at radius 3 is 2.35 bits per heavy atom. The number of anilines is 1. The summed E-state index contributed by atoms with van der Waals surface area (Å²) in [6.07, 6.45) is 10.6. The van der Waals surface area contributed by atoms with Crippen LogP contribution >= 0.6 is 0 Å². The molecule has 3 saturated heterocycles. The van der Waals surface area contributed by atoms with Gasteiger partial charge in [0.1, 0.15) is 5.75 Å². The molecule has 172 valence electrons. The Labute approximate surface area is 188 Å². The average molecular weight is 428 g/mol. The van der Waals surface area contributed by atoms with Gasteiger partial charge in [0.25, 0.3) is 0 Å². The molecule has 3 aliphatic rings. The van der Waals surface area contributed by atoms with E-state index in [1.54, 1.807) is 0 Å². The summed E-state index contributed by atoms with van der Waals surface area (Å²) in [5.74, 6) is 1.17. The van der Waals surface area contributed by atoms with Crippen LogP contribution in [0.5, 0.6) is 5.75 Å². The maximum absolute atomic E-state index is 12.7. The molecule has 3 fully saturated rings. The van der Waals surface area contributed by atoms with Crippen LogP contribution in [-0.4, -0.2) is 66.6 Å². The van der Waals surface area contributed by atoms with Gasteiger partial charge >= 0.3 is 0 Å². The van der Waals surface area contributed by atoms with Crippen molar-refractivity contribution in [1.29, 1.82) is 0 Å². The van der Waals surface area contributed by atoms with Gasteiger partial charge in [-0.1, -0.05) is 12.8 Å². The molecule has 2 unspecified atom stereocenters. The molecule has 0 aliphatic carbocycles. The number of hydrogen-bond donors (Lipinski definition) is 0. The topological polar surface area (TPSA) is 36.0 Å². The van der Waals surface area contributed by atoms with Gasteiger partial charge in [-0.15, -0.1) is 0 Å². The van der Waals surface area contributed by atoms with Crippen molar-refractivity contribution in [1.82, 2.24) is 9.80 Å². The van der Waals surface area contributed by atoms with Gasteiger partial charge in [0.2, 0.25) is 5.91 Å². The Hall–Kier alpha value is -1.59. The van der Waals surface area contributed by atoms with E-state index in [-0.39, 0.29) is 11.9 Å². The molecule has 3 heterocycles. The summed E-state index contributed by atoms with van der Waals surface area (Å²) in [5, 5.41) is 0. The maximum atomic E-state index is 12.7. The van der Waals surface area contributed by atoms with Crippen LogP contribution in [0.15, 0.2) is 24.3 Å². The van der Waals surface area contributed by atoms with Crippen LogP contribution in [0.25, 0.3) is 0 Å². The number of hydrogen-bond acceptors (Lipinski definition) is 4. The summed E-state index contributed by atoms with van der Waals surface area (Å²) >= 11 is 0. The van der Waals surface area contributed by atoms with Crippen LogP contribution in [0.3, 0.4) is 0 Å². The van der Waals surface area contributed by atoms with E-state index >= 15 is 0 Å². The molecule has 4 rings (SSSR count). The van der Waals surface area contributed by atoms with Crippen molar-refractivity contribution < 1.29 is 9.53 Å². The number of piperidine rings is 2. The molecule has 1 aromatic carbocycles. The quantitative estimate of drug-likeness (QED) is 0.564. The second-order valence-electron chi connectivity index (χ2n) is 9.88. The fourth-order valence-electron chi connectivity index (χ4n) is 5.71. The van der Waals surface area contributed by atoms with E-state index in [0.29, 0.717) is 18.5 Å². The molecule has 1 aromatic rings. The van der Waals surface area contributed by atoms with Gasteiger partial charge < -0.3 is 14.5 Å². The normalized spacial score (nSPS) is 28.3. The van der Waals surface area contributed by atoms with E-state index in [0.717, 1.165) is 44.0 Å². The molecule has 0 spiro atoms. The monoisotopic (exact) mass is 427 g/mol. The lowest BCUT2D eigenvalue weighted by Crippen LogP contribution is -2.50. The van der Waals surface area contributed by atoms with E-state index < -0.39 is 0 Å². The zero-order valence-electron chi connectivity index (χ0n) is 19.6. The molecule has 0 aromatic heterocycles. The van der Waals surface area contributed by atoms with Gasteiger partial charge in [-0.05, 0) is 89.7 Å². The number of rotatable bonds is 8. The molecule has 0 saturated carbocycles. The van der Waals surface area contributed by atoms with Crippen molar-refractivity contribution in [2.45, 2.75) is 89.8 Å². The number of nitrogens with zero attached hydrogens (tertiary/aromatic N) is 3. The Morgan fingerprint density at radius 1 is 0.935 bits per heavy atom. The van der Waals surface area contributed by atoms with Crippen LogP contribution < -0.4 is 9.64 Å². The smallest absolute Gasteiger partial charge is 0.227 e. The largest absolute Gasteiger partial charge is 0.494 e. The molecule has 3 atom stereocenters. The SMILES string of the molecule is CC1CCCC(C)N1C[C@@H]1CCC(=O)N1c1ccc(OCCCN2CCCCC2)cc1. The summed E-state index contributed by atoms with van der Waals surface area (Å²) in [7, 11) is 0. The highest BCUT2D eigenvalue weighted by Gasteiger charge is 2.36. The zero-order valence-corrected chi connectivity index (χ0v) is 19.6. The minimum Gasteiger partial charge on any atom is -0.494 e. The van der Waals surface area contributed by atoms with Gasteiger partial charge in [0.05, 0.1) is 12.6 Å². The predicted octanol–water partition coefficient (Wildman–Crippen LogP) is 4.70. The molecular formula is C26H41N3O2. The highest BCUT2D eigenvalue weighted by Crippen LogP contribution is 2.31. The van der Waals surface area contributed by atoms with E-state index in [1.807, 2.05) is 17.0 Å². The van der Waals surface area contributed by atoms with Crippen LogP contribution in [-0.2, 0) is 4.79 Å². The van der Waals surface area contributed by atoms with Crippen molar-refractivity contribution in [3.8, 4) is 5.75 Å². The molecule has 31 heavy (non-hydrogen) atoms. The molecular weight excluding hydrogens is 386 g/mol. The van der Waals surface area contributed by atoms with Crippen molar-refractivity contribution in [2.75, 3.05) is 37.7 Å². The van der Waals surface area contributed by atoms with Crippen molar-refractivity contribution in [3.63, 3.8) is 0 Å². The van der Waals surface area contributed by atoms with E-state index in [4.69, 9.17) is 4.74 Å². The van der Waals surface area contributed by atoms with Crippen molar-refractivity contribution >= 4 is 11.6 Å². The second-order valence-corrected chi connectivity index (χ2v) is 9.88. The number of ether oxygens (including phenoxy) is 1. The lowest BCUT2D eigenvalue weighted by atomic mass is 9.96. The molecule has 5 heteroatoms. The van der Waals surface area contributed by atoms with Crippen molar-refractivity contribution in [2.24, 2.45) is 0 Å². The van der Waals surface area contributed by atoms with Gasteiger partial charge in [0, 0.05) is 37.3 Å². The first kappa shape index (κ1) is 22.6. The predicted molar refractivity (Wildman–Crippen MR) is 127 cm³/mol. The number of likely N-dealkylation sites (tertiary alicyclic amines) is 2. The molecule has 5 nitrogen and oxygen atoms in total. The zero-order chi connectivity index (χ0) is 21.6. The summed E-state index contributed by atoms with van der Waals surface area (Å²) in [5.41, 5.74) is 1.02.